The number of amides is 2. The van der Waals surface area contributed by atoms with Gasteiger partial charge in [-0.05, 0) is 12.0 Å². The minimum absolute atomic E-state index is 0.0506. The summed E-state index contributed by atoms with van der Waals surface area (Å²) in [4.78, 5) is 21.9. The Bertz CT molecular complexity index is 437. The van der Waals surface area contributed by atoms with Crippen LogP contribution in [0.1, 0.15) is 18.4 Å². The van der Waals surface area contributed by atoms with Gasteiger partial charge in [0.2, 0.25) is 0 Å². The molecule has 0 aromatic heterocycles. The predicted octanol–water partition coefficient (Wildman–Crippen LogP) is 1.41. The Balaban J connectivity index is 2.21. The summed E-state index contributed by atoms with van der Waals surface area (Å²) >= 11 is 0. The highest BCUT2D eigenvalue weighted by Crippen LogP contribution is 2.04. The molecule has 0 heterocycles. The summed E-state index contributed by atoms with van der Waals surface area (Å²) < 4.78 is 5.34. The van der Waals surface area contributed by atoms with Gasteiger partial charge in [-0.1, -0.05) is 30.3 Å². The van der Waals surface area contributed by atoms with Crippen LogP contribution in [0.15, 0.2) is 30.3 Å². The van der Waals surface area contributed by atoms with Crippen molar-refractivity contribution in [1.82, 2.24) is 10.6 Å². The van der Waals surface area contributed by atoms with Crippen molar-refractivity contribution in [2.45, 2.75) is 25.4 Å². The molecule has 0 aliphatic rings. The second-order valence-electron chi connectivity index (χ2n) is 4.68. The van der Waals surface area contributed by atoms with E-state index < -0.39 is 5.97 Å². The summed E-state index contributed by atoms with van der Waals surface area (Å²) in [5.74, 6) is -0.862. The van der Waals surface area contributed by atoms with E-state index in [4.69, 9.17) is 9.84 Å². The summed E-state index contributed by atoms with van der Waals surface area (Å²) in [6.07, 6.45) is 1.09. The monoisotopic (exact) mass is 294 g/mol. The molecule has 21 heavy (non-hydrogen) atoms. The van der Waals surface area contributed by atoms with Crippen molar-refractivity contribution in [3.05, 3.63) is 35.9 Å². The maximum Gasteiger partial charge on any atom is 0.314 e. The van der Waals surface area contributed by atoms with Gasteiger partial charge in [-0.2, -0.15) is 0 Å². The molecule has 0 radical (unpaired) electrons. The number of rotatable bonds is 9. The van der Waals surface area contributed by atoms with Crippen LogP contribution in [0, 0.1) is 0 Å². The van der Waals surface area contributed by atoms with Crippen LogP contribution in [-0.4, -0.2) is 43.4 Å². The van der Waals surface area contributed by atoms with Crippen molar-refractivity contribution in [3.63, 3.8) is 0 Å². The average Bonchev–Trinajstić information content (AvgIpc) is 2.48. The van der Waals surface area contributed by atoms with Crippen LogP contribution >= 0.6 is 0 Å². The van der Waals surface area contributed by atoms with Gasteiger partial charge in [0.15, 0.2) is 0 Å². The van der Waals surface area contributed by atoms with Crippen molar-refractivity contribution in [2.24, 2.45) is 0 Å². The molecule has 0 saturated heterocycles. The quantitative estimate of drug-likeness (QED) is 0.601. The SMILES string of the molecule is COC(CNC(=O)NCCCC(=O)O)Cc1ccccc1. The highest BCUT2D eigenvalue weighted by molar-refractivity contribution is 5.73. The highest BCUT2D eigenvalue weighted by atomic mass is 16.5. The molecule has 0 saturated carbocycles. The van der Waals surface area contributed by atoms with Crippen LogP contribution in [0.25, 0.3) is 0 Å². The van der Waals surface area contributed by atoms with Crippen molar-refractivity contribution < 1.29 is 19.4 Å². The van der Waals surface area contributed by atoms with Crippen LogP contribution in [0.3, 0.4) is 0 Å². The van der Waals surface area contributed by atoms with Gasteiger partial charge in [0.05, 0.1) is 6.10 Å². The Morgan fingerprint density at radius 3 is 2.57 bits per heavy atom. The average molecular weight is 294 g/mol. The Kier molecular flexibility index (Phi) is 7.89. The fraction of sp³-hybridized carbons (Fsp3) is 0.467. The first-order valence-corrected chi connectivity index (χ1v) is 6.92. The minimum atomic E-state index is -0.862. The van der Waals surface area contributed by atoms with Gasteiger partial charge >= 0.3 is 12.0 Å². The molecule has 1 unspecified atom stereocenters. The van der Waals surface area contributed by atoms with E-state index in [0.717, 1.165) is 12.0 Å². The molecule has 0 fully saturated rings. The largest absolute Gasteiger partial charge is 0.481 e. The second kappa shape index (κ2) is 9.77. The standard InChI is InChI=1S/C15H22N2O4/c1-21-13(10-12-6-3-2-4-7-12)11-17-15(20)16-9-5-8-14(18)19/h2-4,6-7,13H,5,8-11H2,1H3,(H,18,19)(H2,16,17,20). The number of aliphatic carboxylic acids is 1. The van der Waals surface area contributed by atoms with Gasteiger partial charge in [0.1, 0.15) is 0 Å². The Labute approximate surface area is 124 Å². The molecule has 1 aromatic rings. The molecule has 0 aliphatic heterocycles. The van der Waals surface area contributed by atoms with E-state index >= 15 is 0 Å². The van der Waals surface area contributed by atoms with Crippen molar-refractivity contribution >= 4 is 12.0 Å². The summed E-state index contributed by atoms with van der Waals surface area (Å²) in [5, 5.41) is 13.8. The van der Waals surface area contributed by atoms with E-state index in [1.165, 1.54) is 0 Å². The van der Waals surface area contributed by atoms with Gasteiger partial charge in [-0.25, -0.2) is 4.79 Å². The van der Waals surface area contributed by atoms with E-state index in [2.05, 4.69) is 10.6 Å². The zero-order valence-corrected chi connectivity index (χ0v) is 12.2. The Morgan fingerprint density at radius 2 is 1.95 bits per heavy atom. The van der Waals surface area contributed by atoms with Crippen molar-refractivity contribution in [1.29, 1.82) is 0 Å². The van der Waals surface area contributed by atoms with Gasteiger partial charge in [0.25, 0.3) is 0 Å². The molecule has 6 heteroatoms. The molecule has 116 valence electrons. The van der Waals surface area contributed by atoms with Crippen LogP contribution in [0.2, 0.25) is 0 Å². The van der Waals surface area contributed by atoms with E-state index in [0.29, 0.717) is 19.5 Å². The number of benzene rings is 1. The number of carboxylic acid groups (broad SMARTS) is 1. The summed E-state index contributed by atoms with van der Waals surface area (Å²) in [6.45, 7) is 0.741. The molecule has 0 spiro atoms. The second-order valence-corrected chi connectivity index (χ2v) is 4.68. The van der Waals surface area contributed by atoms with Crippen LogP contribution < -0.4 is 10.6 Å². The number of carbonyl (C=O) groups excluding carboxylic acids is 1. The topological polar surface area (TPSA) is 87.7 Å². The molecule has 0 bridgehead atoms. The molecule has 3 N–H and O–H groups in total. The molecule has 1 aromatic carbocycles. The lowest BCUT2D eigenvalue weighted by molar-refractivity contribution is -0.137. The molecule has 1 atom stereocenters. The lowest BCUT2D eigenvalue weighted by Crippen LogP contribution is -2.41. The molecular formula is C15H22N2O4. The number of ether oxygens (including phenoxy) is 1. The van der Waals surface area contributed by atoms with E-state index in [9.17, 15) is 9.59 Å². The van der Waals surface area contributed by atoms with Gasteiger partial charge < -0.3 is 20.5 Å². The summed E-state index contributed by atoms with van der Waals surface area (Å²) in [6, 6.07) is 9.59. The van der Waals surface area contributed by atoms with E-state index in [1.54, 1.807) is 7.11 Å². The van der Waals surface area contributed by atoms with Crippen LogP contribution in [0.5, 0.6) is 0 Å². The molecule has 1 rings (SSSR count). The Morgan fingerprint density at radius 1 is 1.24 bits per heavy atom. The summed E-state index contributed by atoms with van der Waals surface area (Å²) in [7, 11) is 1.61. The van der Waals surface area contributed by atoms with Crippen molar-refractivity contribution in [2.75, 3.05) is 20.2 Å². The molecular weight excluding hydrogens is 272 g/mol. The third-order valence-corrected chi connectivity index (χ3v) is 2.98. The van der Waals surface area contributed by atoms with Crippen molar-refractivity contribution in [3.8, 4) is 0 Å². The number of carbonyl (C=O) groups is 2. The lowest BCUT2D eigenvalue weighted by atomic mass is 10.1. The number of carboxylic acids is 1. The van der Waals surface area contributed by atoms with Crippen LogP contribution in [0.4, 0.5) is 4.79 Å². The Hall–Kier alpha value is -2.08. The van der Waals surface area contributed by atoms with Gasteiger partial charge in [0, 0.05) is 33.0 Å². The number of methoxy groups -OCH3 is 1. The first-order chi connectivity index (χ1) is 10.1. The number of urea groups is 1. The lowest BCUT2D eigenvalue weighted by Gasteiger charge is -2.16. The van der Waals surface area contributed by atoms with E-state index in [-0.39, 0.29) is 18.6 Å². The number of hydrogen-bond acceptors (Lipinski definition) is 3. The maximum absolute atomic E-state index is 11.5. The smallest absolute Gasteiger partial charge is 0.314 e. The van der Waals surface area contributed by atoms with E-state index in [1.807, 2.05) is 30.3 Å². The predicted molar refractivity (Wildman–Crippen MR) is 79.2 cm³/mol. The van der Waals surface area contributed by atoms with Gasteiger partial charge in [-0.15, -0.1) is 0 Å². The zero-order valence-electron chi connectivity index (χ0n) is 12.2. The number of hydrogen-bond donors (Lipinski definition) is 3. The molecule has 0 aliphatic carbocycles. The third-order valence-electron chi connectivity index (χ3n) is 2.98. The zero-order chi connectivity index (χ0) is 15.5. The highest BCUT2D eigenvalue weighted by Gasteiger charge is 2.10. The minimum Gasteiger partial charge on any atom is -0.481 e. The normalized spacial score (nSPS) is 11.7. The third kappa shape index (κ3) is 7.94. The fourth-order valence-electron chi connectivity index (χ4n) is 1.83. The first-order valence-electron chi connectivity index (χ1n) is 6.92. The molecule has 6 nitrogen and oxygen atoms in total. The number of nitrogens with one attached hydrogen (secondary N) is 2. The first kappa shape index (κ1) is 17.0. The maximum atomic E-state index is 11.5. The van der Waals surface area contributed by atoms with Gasteiger partial charge in [-0.3, -0.25) is 4.79 Å². The fourth-order valence-corrected chi connectivity index (χ4v) is 1.83. The van der Waals surface area contributed by atoms with Crippen LogP contribution in [-0.2, 0) is 16.0 Å². The summed E-state index contributed by atoms with van der Waals surface area (Å²) in [5.41, 5.74) is 1.15. The molecule has 2 amide bonds.